The molecule has 2 rings (SSSR count). The van der Waals surface area contributed by atoms with E-state index in [0.717, 1.165) is 0 Å². The van der Waals surface area contributed by atoms with Crippen LogP contribution in [0, 0.1) is 20.8 Å². The lowest BCUT2D eigenvalue weighted by Crippen LogP contribution is -2.21. The zero-order chi connectivity index (χ0) is 13.1. The van der Waals surface area contributed by atoms with Crippen LogP contribution in [0.1, 0.15) is 28.7 Å². The first kappa shape index (κ1) is 13.5. The lowest BCUT2D eigenvalue weighted by Gasteiger charge is -2.18. The number of benzene rings is 1. The first-order chi connectivity index (χ1) is 8.56. The van der Waals surface area contributed by atoms with Crippen molar-refractivity contribution in [2.75, 3.05) is 13.2 Å². The number of aliphatic hydroxyl groups is 1. The summed E-state index contributed by atoms with van der Waals surface area (Å²) >= 11 is 0. The van der Waals surface area contributed by atoms with E-state index >= 15 is 0 Å². The number of ether oxygens (including phenoxy) is 2. The molecule has 100 valence electrons. The summed E-state index contributed by atoms with van der Waals surface area (Å²) in [6.45, 7) is 7.58. The molecule has 0 aliphatic carbocycles. The predicted molar refractivity (Wildman–Crippen MR) is 70.7 cm³/mol. The summed E-state index contributed by atoms with van der Waals surface area (Å²) in [6.07, 6.45) is 0.577. The molecule has 1 fully saturated rings. The summed E-state index contributed by atoms with van der Waals surface area (Å²) in [5.41, 5.74) is 5.01. The van der Waals surface area contributed by atoms with E-state index in [4.69, 9.17) is 9.47 Å². The average molecular weight is 250 g/mol. The van der Waals surface area contributed by atoms with Crippen LogP contribution in [0.25, 0.3) is 0 Å². The van der Waals surface area contributed by atoms with Crippen molar-refractivity contribution in [2.45, 2.75) is 46.0 Å². The molecule has 0 amide bonds. The molecule has 1 aromatic carbocycles. The molecule has 1 aliphatic rings. The van der Waals surface area contributed by atoms with E-state index in [1.807, 2.05) is 0 Å². The van der Waals surface area contributed by atoms with Gasteiger partial charge in [0, 0.05) is 6.42 Å². The number of aryl methyl sites for hydroxylation is 3. The molecule has 18 heavy (non-hydrogen) atoms. The molecule has 1 aromatic rings. The van der Waals surface area contributed by atoms with Gasteiger partial charge in [-0.1, -0.05) is 17.7 Å². The third-order valence-electron chi connectivity index (χ3n) is 3.44. The van der Waals surface area contributed by atoms with Gasteiger partial charge in [-0.05, 0) is 43.9 Å². The Labute approximate surface area is 109 Å². The molecular weight excluding hydrogens is 228 g/mol. The van der Waals surface area contributed by atoms with E-state index in [1.54, 1.807) is 0 Å². The Morgan fingerprint density at radius 2 is 1.72 bits per heavy atom. The van der Waals surface area contributed by atoms with E-state index in [-0.39, 0.29) is 6.29 Å². The molecular formula is C15H22O3. The zero-order valence-corrected chi connectivity index (χ0v) is 11.4. The Morgan fingerprint density at radius 1 is 1.17 bits per heavy atom. The van der Waals surface area contributed by atoms with Crippen molar-refractivity contribution in [3.8, 4) is 0 Å². The van der Waals surface area contributed by atoms with Crippen LogP contribution < -0.4 is 0 Å². The van der Waals surface area contributed by atoms with Crippen LogP contribution in [0.15, 0.2) is 12.1 Å². The SMILES string of the molecule is Cc1cc(C)c(CC(O)CC2OCCO2)c(C)c1. The summed E-state index contributed by atoms with van der Waals surface area (Å²) < 4.78 is 10.7. The molecule has 3 heteroatoms. The minimum atomic E-state index is -0.409. The first-order valence-corrected chi connectivity index (χ1v) is 6.54. The maximum absolute atomic E-state index is 10.1. The second kappa shape index (κ2) is 5.83. The molecule has 1 heterocycles. The molecule has 0 saturated carbocycles. The second-order valence-corrected chi connectivity index (χ2v) is 5.14. The monoisotopic (exact) mass is 250 g/mol. The van der Waals surface area contributed by atoms with Gasteiger partial charge < -0.3 is 14.6 Å². The number of hydrogen-bond donors (Lipinski definition) is 1. The Balaban J connectivity index is 1.99. The van der Waals surface area contributed by atoms with Crippen LogP contribution >= 0.6 is 0 Å². The molecule has 0 aromatic heterocycles. The van der Waals surface area contributed by atoms with Gasteiger partial charge in [0.15, 0.2) is 6.29 Å². The normalized spacial score (nSPS) is 18.2. The summed E-state index contributed by atoms with van der Waals surface area (Å²) in [4.78, 5) is 0. The lowest BCUT2D eigenvalue weighted by molar-refractivity contribution is -0.0698. The van der Waals surface area contributed by atoms with Gasteiger partial charge in [0.05, 0.1) is 19.3 Å². The number of aliphatic hydroxyl groups excluding tert-OH is 1. The first-order valence-electron chi connectivity index (χ1n) is 6.54. The highest BCUT2D eigenvalue weighted by Crippen LogP contribution is 2.20. The molecule has 3 nitrogen and oxygen atoms in total. The molecule has 1 unspecified atom stereocenters. The van der Waals surface area contributed by atoms with Gasteiger partial charge in [0.1, 0.15) is 0 Å². The Bertz CT molecular complexity index is 385. The fourth-order valence-electron chi connectivity index (χ4n) is 2.62. The lowest BCUT2D eigenvalue weighted by atomic mass is 9.94. The van der Waals surface area contributed by atoms with Gasteiger partial charge in [-0.3, -0.25) is 0 Å². The summed E-state index contributed by atoms with van der Waals surface area (Å²) in [6, 6.07) is 4.33. The summed E-state index contributed by atoms with van der Waals surface area (Å²) in [5.74, 6) is 0. The molecule has 0 spiro atoms. The fraction of sp³-hybridized carbons (Fsp3) is 0.600. The van der Waals surface area contributed by atoms with Crippen molar-refractivity contribution < 1.29 is 14.6 Å². The fourth-order valence-corrected chi connectivity index (χ4v) is 2.62. The average Bonchev–Trinajstić information content (AvgIpc) is 2.76. The van der Waals surface area contributed by atoms with Crippen molar-refractivity contribution in [1.29, 1.82) is 0 Å². The molecule has 0 bridgehead atoms. The van der Waals surface area contributed by atoms with Gasteiger partial charge in [0.25, 0.3) is 0 Å². The van der Waals surface area contributed by atoms with E-state index in [1.165, 1.54) is 22.3 Å². The van der Waals surface area contributed by atoms with Crippen molar-refractivity contribution in [3.05, 3.63) is 34.4 Å². The maximum Gasteiger partial charge on any atom is 0.160 e. The van der Waals surface area contributed by atoms with Crippen LogP contribution in [0.3, 0.4) is 0 Å². The molecule has 1 saturated heterocycles. The van der Waals surface area contributed by atoms with Crippen molar-refractivity contribution in [1.82, 2.24) is 0 Å². The van der Waals surface area contributed by atoms with E-state index in [9.17, 15) is 5.11 Å². The van der Waals surface area contributed by atoms with Gasteiger partial charge in [0.2, 0.25) is 0 Å². The quantitative estimate of drug-likeness (QED) is 0.891. The van der Waals surface area contributed by atoms with E-state index in [0.29, 0.717) is 26.1 Å². The molecule has 1 atom stereocenters. The standard InChI is InChI=1S/C15H22O3/c1-10-6-11(2)14(12(3)7-10)8-13(16)9-15-17-4-5-18-15/h6-7,13,15-16H,4-5,8-9H2,1-3H3. The topological polar surface area (TPSA) is 38.7 Å². The maximum atomic E-state index is 10.1. The van der Waals surface area contributed by atoms with Gasteiger partial charge in [-0.2, -0.15) is 0 Å². The second-order valence-electron chi connectivity index (χ2n) is 5.14. The number of hydrogen-bond acceptors (Lipinski definition) is 3. The van der Waals surface area contributed by atoms with Crippen LogP contribution in [0.4, 0.5) is 0 Å². The molecule has 1 aliphatic heterocycles. The Kier molecular flexibility index (Phi) is 4.38. The highest BCUT2D eigenvalue weighted by molar-refractivity contribution is 5.37. The van der Waals surface area contributed by atoms with Gasteiger partial charge >= 0.3 is 0 Å². The van der Waals surface area contributed by atoms with Crippen LogP contribution in [0.2, 0.25) is 0 Å². The molecule has 0 radical (unpaired) electrons. The third-order valence-corrected chi connectivity index (χ3v) is 3.44. The van der Waals surface area contributed by atoms with E-state index in [2.05, 4.69) is 32.9 Å². The minimum absolute atomic E-state index is 0.230. The van der Waals surface area contributed by atoms with Crippen LogP contribution in [-0.4, -0.2) is 30.7 Å². The highest BCUT2D eigenvalue weighted by atomic mass is 16.7. The third kappa shape index (κ3) is 3.31. The smallest absolute Gasteiger partial charge is 0.160 e. The van der Waals surface area contributed by atoms with Crippen molar-refractivity contribution in [3.63, 3.8) is 0 Å². The summed E-state index contributed by atoms with van der Waals surface area (Å²) in [7, 11) is 0. The number of rotatable bonds is 4. The molecule has 1 N–H and O–H groups in total. The van der Waals surface area contributed by atoms with Crippen LogP contribution in [0.5, 0.6) is 0 Å². The van der Waals surface area contributed by atoms with Gasteiger partial charge in [-0.15, -0.1) is 0 Å². The Hall–Kier alpha value is -0.900. The minimum Gasteiger partial charge on any atom is -0.393 e. The van der Waals surface area contributed by atoms with Gasteiger partial charge in [-0.25, -0.2) is 0 Å². The summed E-state index contributed by atoms with van der Waals surface area (Å²) in [5, 5.41) is 10.1. The largest absolute Gasteiger partial charge is 0.393 e. The predicted octanol–water partition coefficient (Wildman–Crippen LogP) is 2.28. The van der Waals surface area contributed by atoms with Crippen molar-refractivity contribution >= 4 is 0 Å². The van der Waals surface area contributed by atoms with Crippen LogP contribution in [-0.2, 0) is 15.9 Å². The highest BCUT2D eigenvalue weighted by Gasteiger charge is 2.21. The van der Waals surface area contributed by atoms with Crippen molar-refractivity contribution in [2.24, 2.45) is 0 Å². The Morgan fingerprint density at radius 3 is 2.28 bits per heavy atom. The zero-order valence-electron chi connectivity index (χ0n) is 11.4. The van der Waals surface area contributed by atoms with E-state index < -0.39 is 6.10 Å².